The van der Waals surface area contributed by atoms with E-state index in [0.717, 1.165) is 45.7 Å². The van der Waals surface area contributed by atoms with Crippen molar-refractivity contribution in [3.8, 4) is 5.75 Å². The fourth-order valence-corrected chi connectivity index (χ4v) is 7.24. The predicted octanol–water partition coefficient (Wildman–Crippen LogP) is 7.62. The molecule has 0 saturated heterocycles. The van der Waals surface area contributed by atoms with Crippen molar-refractivity contribution < 1.29 is 18.7 Å². The van der Waals surface area contributed by atoms with E-state index in [2.05, 4.69) is 69.5 Å². The second-order valence-electron chi connectivity index (χ2n) is 12.8. The zero-order valence-corrected chi connectivity index (χ0v) is 27.7. The molecule has 2 aliphatic heterocycles. The molecular weight excluding hydrogens is 672 g/mol. The molecule has 0 spiro atoms. The number of H-pyrrole nitrogens is 1. The molecule has 3 heterocycles. The molecule has 3 N–H and O–H groups in total. The standard InChI is InChI=1S/C34H39FIN5O3/c1-33(2)15-8-9-16-34(3,21-10-6-5-7-11-21)31-38-30(41(4)40-31)24-18-22(12-13-26(24)35)44-29-25(20-43-32(42)39-33)23-14-17-37-28(23)19-27(29)36/h5-7,10-14,17,19,24,31,37,40H,8-9,15-16,18,20H2,1-4H3,(H,39,42). The number of fused-ring (bicyclic) bond motifs is 7. The number of aliphatic imine (C=N–C) groups is 1. The molecule has 2 aromatic carbocycles. The van der Waals surface area contributed by atoms with E-state index in [-0.39, 0.29) is 24.0 Å². The summed E-state index contributed by atoms with van der Waals surface area (Å²) >= 11 is 2.23. The molecule has 8 nitrogen and oxygen atoms in total. The molecule has 10 heteroatoms. The van der Waals surface area contributed by atoms with Crippen LogP contribution in [0.4, 0.5) is 9.18 Å². The zero-order chi connectivity index (χ0) is 31.1. The summed E-state index contributed by atoms with van der Waals surface area (Å²) in [6.45, 7) is 6.30. The Morgan fingerprint density at radius 1 is 1.09 bits per heavy atom. The van der Waals surface area contributed by atoms with Crippen LogP contribution < -0.4 is 15.5 Å². The van der Waals surface area contributed by atoms with Crippen LogP contribution >= 0.6 is 22.6 Å². The molecule has 232 valence electrons. The van der Waals surface area contributed by atoms with E-state index in [9.17, 15) is 4.79 Å². The number of carbonyl (C=O) groups excluding carboxylic acids is 1. The quantitative estimate of drug-likeness (QED) is 0.226. The second kappa shape index (κ2) is 12.2. The van der Waals surface area contributed by atoms with Crippen molar-refractivity contribution in [3.05, 3.63) is 87.1 Å². The lowest BCUT2D eigenvalue weighted by atomic mass is 9.75. The third-order valence-electron chi connectivity index (χ3n) is 9.07. The molecule has 44 heavy (non-hydrogen) atoms. The minimum absolute atomic E-state index is 0.0276. The number of nitrogens with one attached hydrogen (secondary N) is 3. The van der Waals surface area contributed by atoms with E-state index in [1.165, 1.54) is 11.6 Å². The number of cyclic esters (lactones) is 1. The van der Waals surface area contributed by atoms with Crippen LogP contribution in [0.3, 0.4) is 0 Å². The summed E-state index contributed by atoms with van der Waals surface area (Å²) in [5.41, 5.74) is 5.59. The van der Waals surface area contributed by atoms with Gasteiger partial charge in [0.1, 0.15) is 35.9 Å². The van der Waals surface area contributed by atoms with Gasteiger partial charge in [-0.05, 0) is 79.1 Å². The van der Waals surface area contributed by atoms with Gasteiger partial charge in [0.25, 0.3) is 0 Å². The Bertz CT molecular complexity index is 1650. The van der Waals surface area contributed by atoms with Gasteiger partial charge in [-0.15, -0.1) is 0 Å². The summed E-state index contributed by atoms with van der Waals surface area (Å²) < 4.78 is 28.7. The van der Waals surface area contributed by atoms with E-state index in [1.807, 2.05) is 50.3 Å². The van der Waals surface area contributed by atoms with Crippen LogP contribution in [0.15, 0.2) is 77.4 Å². The van der Waals surface area contributed by atoms with Crippen molar-refractivity contribution >= 4 is 45.4 Å². The van der Waals surface area contributed by atoms with Crippen LogP contribution in [0.2, 0.25) is 0 Å². The lowest BCUT2D eigenvalue weighted by molar-refractivity contribution is 0.127. The number of allylic oxidation sites excluding steroid dienone is 3. The van der Waals surface area contributed by atoms with E-state index in [0.29, 0.717) is 23.8 Å². The highest BCUT2D eigenvalue weighted by Gasteiger charge is 2.42. The molecule has 3 atom stereocenters. The number of amidine groups is 1. The van der Waals surface area contributed by atoms with Crippen molar-refractivity contribution in [2.75, 3.05) is 7.05 Å². The van der Waals surface area contributed by atoms with Crippen molar-refractivity contribution in [1.29, 1.82) is 0 Å². The van der Waals surface area contributed by atoms with Crippen molar-refractivity contribution in [1.82, 2.24) is 20.7 Å². The van der Waals surface area contributed by atoms with Gasteiger partial charge in [0.15, 0.2) is 0 Å². The molecule has 4 bridgehead atoms. The number of benzene rings is 2. The van der Waals surface area contributed by atoms with Gasteiger partial charge in [0.2, 0.25) is 0 Å². The van der Waals surface area contributed by atoms with Gasteiger partial charge in [-0.3, -0.25) is 5.01 Å². The molecule has 0 radical (unpaired) electrons. The van der Waals surface area contributed by atoms with Crippen LogP contribution in [-0.2, 0) is 16.8 Å². The van der Waals surface area contributed by atoms with Crippen LogP contribution in [0.25, 0.3) is 10.9 Å². The van der Waals surface area contributed by atoms with Crippen LogP contribution in [-0.4, -0.2) is 40.7 Å². The van der Waals surface area contributed by atoms with Gasteiger partial charge in [0, 0.05) is 47.1 Å². The second-order valence-corrected chi connectivity index (χ2v) is 14.0. The van der Waals surface area contributed by atoms with Crippen LogP contribution in [0.5, 0.6) is 5.75 Å². The molecule has 3 aromatic rings. The van der Waals surface area contributed by atoms with Gasteiger partial charge in [-0.1, -0.05) is 50.1 Å². The lowest BCUT2D eigenvalue weighted by Gasteiger charge is -2.35. The first-order valence-electron chi connectivity index (χ1n) is 15.1. The van der Waals surface area contributed by atoms with E-state index >= 15 is 4.39 Å². The molecule has 3 aliphatic rings. The Balaban J connectivity index is 1.40. The minimum atomic E-state index is -0.598. The molecule has 1 aliphatic carbocycles. The lowest BCUT2D eigenvalue weighted by Crippen LogP contribution is -2.48. The van der Waals surface area contributed by atoms with Crippen LogP contribution in [0.1, 0.15) is 64.0 Å². The fourth-order valence-electron chi connectivity index (χ4n) is 6.49. The number of ether oxygens (including phenoxy) is 2. The number of hydrogen-bond acceptors (Lipinski definition) is 6. The SMILES string of the molecule is CN1NC2N=C1C1CC(=CC=C1F)Oc1c(I)cc3[nH]ccc3c1COC(=O)NC(C)(C)CCCCC2(C)c1ccccc1. The average molecular weight is 712 g/mol. The third kappa shape index (κ3) is 6.10. The van der Waals surface area contributed by atoms with E-state index < -0.39 is 17.6 Å². The van der Waals surface area contributed by atoms with Gasteiger partial charge < -0.3 is 19.8 Å². The van der Waals surface area contributed by atoms with E-state index in [4.69, 9.17) is 14.5 Å². The monoisotopic (exact) mass is 711 g/mol. The Kier molecular flexibility index (Phi) is 8.49. The van der Waals surface area contributed by atoms with Crippen molar-refractivity contribution in [3.63, 3.8) is 0 Å². The summed E-state index contributed by atoms with van der Waals surface area (Å²) in [4.78, 5) is 21.5. The third-order valence-corrected chi connectivity index (χ3v) is 9.87. The number of amides is 1. The summed E-state index contributed by atoms with van der Waals surface area (Å²) in [6.07, 6.45) is 8.03. The maximum atomic E-state index is 15.6. The number of halogens is 2. The number of carbonyl (C=O) groups is 1. The largest absolute Gasteiger partial charge is 0.460 e. The Hall–Kier alpha value is -3.38. The summed E-state index contributed by atoms with van der Waals surface area (Å²) in [6, 6.07) is 14.3. The highest BCUT2D eigenvalue weighted by atomic mass is 127. The number of nitrogens with zero attached hydrogens (tertiary/aromatic N) is 2. The molecule has 6 rings (SSSR count). The first kappa shape index (κ1) is 30.6. The van der Waals surface area contributed by atoms with Crippen molar-refractivity contribution in [2.45, 2.75) is 76.6 Å². The number of aromatic nitrogens is 1. The Morgan fingerprint density at radius 2 is 1.86 bits per heavy atom. The molecule has 1 aromatic heterocycles. The van der Waals surface area contributed by atoms with Gasteiger partial charge >= 0.3 is 6.09 Å². The first-order valence-corrected chi connectivity index (χ1v) is 16.2. The fraction of sp³-hybridized carbons (Fsp3) is 0.412. The summed E-state index contributed by atoms with van der Waals surface area (Å²) in [7, 11) is 1.91. The first-order chi connectivity index (χ1) is 21.0. The molecule has 3 unspecified atom stereocenters. The minimum Gasteiger partial charge on any atom is -0.460 e. The molecule has 1 amide bonds. The Morgan fingerprint density at radius 3 is 2.66 bits per heavy atom. The zero-order valence-electron chi connectivity index (χ0n) is 25.5. The molecular formula is C34H39FIN5O3. The molecule has 0 saturated carbocycles. The van der Waals surface area contributed by atoms with E-state index in [1.54, 1.807) is 6.08 Å². The molecule has 0 fully saturated rings. The number of alkyl carbamates (subject to hydrolysis) is 1. The number of aromatic amines is 1. The van der Waals surface area contributed by atoms with Gasteiger partial charge in [0.05, 0.1) is 9.49 Å². The Labute approximate surface area is 271 Å². The number of hydrogen-bond donors (Lipinski definition) is 3. The maximum Gasteiger partial charge on any atom is 0.407 e. The number of hydrazine groups is 1. The van der Waals surface area contributed by atoms with Crippen LogP contribution in [0, 0.1) is 9.49 Å². The van der Waals surface area contributed by atoms with Gasteiger partial charge in [-0.2, -0.15) is 0 Å². The van der Waals surface area contributed by atoms with Crippen molar-refractivity contribution in [2.24, 2.45) is 10.9 Å². The highest BCUT2D eigenvalue weighted by Crippen LogP contribution is 2.40. The number of rotatable bonds is 1. The maximum absolute atomic E-state index is 15.6. The smallest absolute Gasteiger partial charge is 0.407 e. The topological polar surface area (TPSA) is 91.0 Å². The normalized spacial score (nSPS) is 26.1. The predicted molar refractivity (Wildman–Crippen MR) is 179 cm³/mol. The summed E-state index contributed by atoms with van der Waals surface area (Å²) in [5.74, 6) is 1.00. The van der Waals surface area contributed by atoms with Gasteiger partial charge in [-0.25, -0.2) is 19.6 Å². The summed E-state index contributed by atoms with van der Waals surface area (Å²) in [5, 5.41) is 5.85. The average Bonchev–Trinajstić information content (AvgIpc) is 3.62. The highest BCUT2D eigenvalue weighted by molar-refractivity contribution is 14.1.